The van der Waals surface area contributed by atoms with Gasteiger partial charge < -0.3 is 15.5 Å². The van der Waals surface area contributed by atoms with Crippen molar-refractivity contribution in [2.75, 3.05) is 20.6 Å². The predicted octanol–water partition coefficient (Wildman–Crippen LogP) is -0.0737. The average Bonchev–Trinajstić information content (AvgIpc) is 2.10. The molecular formula is C9H17N3O2. The molecule has 0 aliphatic heterocycles. The molecule has 0 aromatic carbocycles. The summed E-state index contributed by atoms with van der Waals surface area (Å²) in [5.41, 5.74) is 0. The van der Waals surface area contributed by atoms with Gasteiger partial charge in [0.25, 0.3) is 0 Å². The Morgan fingerprint density at radius 2 is 2.07 bits per heavy atom. The lowest BCUT2D eigenvalue weighted by atomic mass is 9.93. The number of rotatable bonds is 3. The molecule has 1 aliphatic rings. The van der Waals surface area contributed by atoms with Crippen molar-refractivity contribution >= 4 is 11.9 Å². The van der Waals surface area contributed by atoms with Crippen molar-refractivity contribution in [3.8, 4) is 0 Å². The van der Waals surface area contributed by atoms with E-state index in [2.05, 4.69) is 10.6 Å². The Labute approximate surface area is 83.8 Å². The average molecular weight is 199 g/mol. The van der Waals surface area contributed by atoms with Gasteiger partial charge in [-0.25, -0.2) is 4.79 Å². The molecule has 0 aromatic heterocycles. The van der Waals surface area contributed by atoms with Crippen LogP contribution >= 0.6 is 0 Å². The van der Waals surface area contributed by atoms with Crippen LogP contribution in [0.1, 0.15) is 19.3 Å². The van der Waals surface area contributed by atoms with Gasteiger partial charge in [0.2, 0.25) is 5.91 Å². The topological polar surface area (TPSA) is 61.4 Å². The zero-order valence-corrected chi connectivity index (χ0v) is 8.67. The molecule has 5 heteroatoms. The summed E-state index contributed by atoms with van der Waals surface area (Å²) in [7, 11) is 3.17. The number of likely N-dealkylation sites (N-methyl/N-ethyl adjacent to an activating group) is 2. The van der Waals surface area contributed by atoms with Crippen molar-refractivity contribution in [2.24, 2.45) is 0 Å². The lowest BCUT2D eigenvalue weighted by Gasteiger charge is -2.28. The van der Waals surface area contributed by atoms with Gasteiger partial charge in [-0.2, -0.15) is 0 Å². The summed E-state index contributed by atoms with van der Waals surface area (Å²) in [5, 5.41) is 5.32. The molecule has 0 radical (unpaired) electrons. The molecule has 0 heterocycles. The van der Waals surface area contributed by atoms with E-state index < -0.39 is 0 Å². The van der Waals surface area contributed by atoms with Crippen molar-refractivity contribution in [1.82, 2.24) is 15.5 Å². The van der Waals surface area contributed by atoms with E-state index in [0.717, 1.165) is 12.8 Å². The van der Waals surface area contributed by atoms with Crippen LogP contribution in [-0.4, -0.2) is 43.5 Å². The number of carbonyl (C=O) groups excluding carboxylic acids is 2. The van der Waals surface area contributed by atoms with Gasteiger partial charge in [0.15, 0.2) is 0 Å². The van der Waals surface area contributed by atoms with E-state index in [1.165, 1.54) is 11.3 Å². The van der Waals surface area contributed by atoms with Crippen molar-refractivity contribution in [3.05, 3.63) is 0 Å². The van der Waals surface area contributed by atoms with E-state index in [1.54, 1.807) is 14.1 Å². The van der Waals surface area contributed by atoms with Gasteiger partial charge in [-0.1, -0.05) is 0 Å². The summed E-state index contributed by atoms with van der Waals surface area (Å²) >= 11 is 0. The smallest absolute Gasteiger partial charge is 0.317 e. The Kier molecular flexibility index (Phi) is 3.73. The first-order valence-electron chi connectivity index (χ1n) is 4.85. The highest BCUT2D eigenvalue weighted by Crippen LogP contribution is 2.17. The maximum absolute atomic E-state index is 11.4. The standard InChI is InChI=1S/C9H17N3O2/c1-10-8(13)6-12(2)9(14)11-7-4-3-5-7/h7H,3-6H2,1-2H3,(H,10,13)(H,11,14). The van der Waals surface area contributed by atoms with Crippen LogP contribution in [0.2, 0.25) is 0 Å². The fourth-order valence-corrected chi connectivity index (χ4v) is 1.20. The SMILES string of the molecule is CNC(=O)CN(C)C(=O)NC1CCC1. The fraction of sp³-hybridized carbons (Fsp3) is 0.778. The summed E-state index contributed by atoms with van der Waals surface area (Å²) in [6.45, 7) is 0.106. The van der Waals surface area contributed by atoms with Crippen LogP contribution in [0.5, 0.6) is 0 Å². The van der Waals surface area contributed by atoms with E-state index in [1.807, 2.05) is 0 Å². The molecule has 2 N–H and O–H groups in total. The lowest BCUT2D eigenvalue weighted by molar-refractivity contribution is -0.121. The number of urea groups is 1. The number of hydrogen-bond donors (Lipinski definition) is 2. The van der Waals surface area contributed by atoms with E-state index in [4.69, 9.17) is 0 Å². The van der Waals surface area contributed by atoms with Crippen LogP contribution in [0, 0.1) is 0 Å². The molecule has 1 fully saturated rings. The van der Waals surface area contributed by atoms with Crippen molar-refractivity contribution in [2.45, 2.75) is 25.3 Å². The van der Waals surface area contributed by atoms with E-state index >= 15 is 0 Å². The highest BCUT2D eigenvalue weighted by Gasteiger charge is 2.21. The lowest BCUT2D eigenvalue weighted by Crippen LogP contribution is -2.48. The Morgan fingerprint density at radius 3 is 2.50 bits per heavy atom. The molecule has 1 rings (SSSR count). The summed E-state index contributed by atoms with van der Waals surface area (Å²) < 4.78 is 0. The highest BCUT2D eigenvalue weighted by atomic mass is 16.2. The minimum Gasteiger partial charge on any atom is -0.358 e. The number of nitrogens with one attached hydrogen (secondary N) is 2. The Hall–Kier alpha value is -1.26. The maximum Gasteiger partial charge on any atom is 0.317 e. The van der Waals surface area contributed by atoms with Crippen LogP contribution in [0.3, 0.4) is 0 Å². The molecule has 1 saturated carbocycles. The van der Waals surface area contributed by atoms with Gasteiger partial charge in [0.05, 0.1) is 0 Å². The molecule has 5 nitrogen and oxygen atoms in total. The zero-order valence-electron chi connectivity index (χ0n) is 8.67. The van der Waals surface area contributed by atoms with Gasteiger partial charge in [0.1, 0.15) is 6.54 Å². The van der Waals surface area contributed by atoms with Gasteiger partial charge >= 0.3 is 6.03 Å². The molecule has 0 saturated heterocycles. The number of nitrogens with zero attached hydrogens (tertiary/aromatic N) is 1. The molecule has 0 unspecified atom stereocenters. The minimum absolute atomic E-state index is 0.106. The Balaban J connectivity index is 2.24. The maximum atomic E-state index is 11.4. The molecule has 0 atom stereocenters. The second kappa shape index (κ2) is 4.83. The minimum atomic E-state index is -0.168. The third kappa shape index (κ3) is 2.90. The van der Waals surface area contributed by atoms with Gasteiger partial charge in [-0.15, -0.1) is 0 Å². The van der Waals surface area contributed by atoms with Crippen LogP contribution in [0.15, 0.2) is 0 Å². The first-order chi connectivity index (χ1) is 6.63. The summed E-state index contributed by atoms with van der Waals surface area (Å²) in [6.07, 6.45) is 3.29. The number of carbonyl (C=O) groups is 2. The largest absolute Gasteiger partial charge is 0.358 e. The first-order valence-corrected chi connectivity index (χ1v) is 4.85. The quantitative estimate of drug-likeness (QED) is 0.668. The second-order valence-corrected chi connectivity index (χ2v) is 3.61. The second-order valence-electron chi connectivity index (χ2n) is 3.61. The number of amides is 3. The summed E-state index contributed by atoms with van der Waals surface area (Å²) in [5.74, 6) is -0.156. The zero-order chi connectivity index (χ0) is 10.6. The molecule has 0 spiro atoms. The van der Waals surface area contributed by atoms with E-state index in [0.29, 0.717) is 6.04 Å². The molecule has 80 valence electrons. The van der Waals surface area contributed by atoms with Crippen molar-refractivity contribution < 1.29 is 9.59 Å². The monoisotopic (exact) mass is 199 g/mol. The van der Waals surface area contributed by atoms with Crippen LogP contribution < -0.4 is 10.6 Å². The van der Waals surface area contributed by atoms with E-state index in [9.17, 15) is 9.59 Å². The Morgan fingerprint density at radius 1 is 1.43 bits per heavy atom. The molecule has 1 aliphatic carbocycles. The summed E-state index contributed by atoms with van der Waals surface area (Å²) in [4.78, 5) is 23.8. The first kappa shape index (κ1) is 10.8. The predicted molar refractivity (Wildman–Crippen MR) is 52.9 cm³/mol. The van der Waals surface area contributed by atoms with Crippen molar-refractivity contribution in [3.63, 3.8) is 0 Å². The van der Waals surface area contributed by atoms with Gasteiger partial charge in [0, 0.05) is 20.1 Å². The van der Waals surface area contributed by atoms with Gasteiger partial charge in [-0.05, 0) is 19.3 Å². The molecule has 0 bridgehead atoms. The normalized spacial score (nSPS) is 15.6. The summed E-state index contributed by atoms with van der Waals surface area (Å²) in [6, 6.07) is 0.146. The Bertz CT molecular complexity index is 226. The molecular weight excluding hydrogens is 182 g/mol. The molecule has 3 amide bonds. The third-order valence-corrected chi connectivity index (χ3v) is 2.44. The molecule has 0 aromatic rings. The number of hydrogen-bond acceptors (Lipinski definition) is 2. The van der Waals surface area contributed by atoms with Crippen LogP contribution in [-0.2, 0) is 4.79 Å². The van der Waals surface area contributed by atoms with Crippen molar-refractivity contribution in [1.29, 1.82) is 0 Å². The van der Waals surface area contributed by atoms with Crippen LogP contribution in [0.4, 0.5) is 4.79 Å². The molecule has 14 heavy (non-hydrogen) atoms. The van der Waals surface area contributed by atoms with Gasteiger partial charge in [-0.3, -0.25) is 4.79 Å². The van der Waals surface area contributed by atoms with Crippen LogP contribution in [0.25, 0.3) is 0 Å². The third-order valence-electron chi connectivity index (χ3n) is 2.44. The fourth-order valence-electron chi connectivity index (χ4n) is 1.20. The highest BCUT2D eigenvalue weighted by molar-refractivity contribution is 5.83. The van der Waals surface area contributed by atoms with E-state index in [-0.39, 0.29) is 18.5 Å².